The Bertz CT molecular complexity index is 624. The van der Waals surface area contributed by atoms with Crippen LogP contribution in [0.3, 0.4) is 0 Å². The van der Waals surface area contributed by atoms with Gasteiger partial charge in [-0.15, -0.1) is 12.4 Å². The molecule has 0 aromatic heterocycles. The number of nitrogens with zero attached hydrogens (tertiary/aromatic N) is 1. The molecule has 0 unspecified atom stereocenters. The van der Waals surface area contributed by atoms with Crippen LogP contribution in [0.25, 0.3) is 0 Å². The van der Waals surface area contributed by atoms with Gasteiger partial charge in [-0.3, -0.25) is 14.5 Å². The number of likely N-dealkylation sites (tertiary alicyclic amines) is 1. The first kappa shape index (κ1) is 23.8. The molecule has 1 aromatic carbocycles. The quantitative estimate of drug-likeness (QED) is 0.608. The van der Waals surface area contributed by atoms with Crippen LogP contribution in [0.2, 0.25) is 0 Å². The first-order valence-electron chi connectivity index (χ1n) is 9.18. The summed E-state index contributed by atoms with van der Waals surface area (Å²) in [6, 6.07) is 4.98. The van der Waals surface area contributed by atoms with E-state index in [1.54, 1.807) is 17.8 Å². The van der Waals surface area contributed by atoms with Crippen LogP contribution in [0, 0.1) is 6.92 Å². The van der Waals surface area contributed by atoms with Crippen LogP contribution in [-0.4, -0.2) is 54.4 Å². The van der Waals surface area contributed by atoms with Crippen molar-refractivity contribution in [2.24, 2.45) is 5.73 Å². The number of hydrogen-bond donors (Lipinski definition) is 3. The van der Waals surface area contributed by atoms with Crippen LogP contribution in [-0.2, 0) is 9.59 Å². The molecule has 1 fully saturated rings. The predicted molar refractivity (Wildman–Crippen MR) is 117 cm³/mol. The number of nitrogens with two attached hydrogens (primary N) is 1. The second kappa shape index (κ2) is 12.2. The zero-order valence-electron chi connectivity index (χ0n) is 16.1. The number of anilines is 2. The summed E-state index contributed by atoms with van der Waals surface area (Å²) in [7, 11) is 0. The fourth-order valence-corrected chi connectivity index (χ4v) is 3.45. The maximum atomic E-state index is 12.3. The number of nitrogens with one attached hydrogen (secondary N) is 2. The van der Waals surface area contributed by atoms with Crippen LogP contribution in [0.4, 0.5) is 11.4 Å². The molecule has 1 aromatic rings. The number of thioether (sulfide) groups is 1. The molecule has 0 radical (unpaired) electrons. The molecule has 8 heteroatoms. The second-order valence-electron chi connectivity index (χ2n) is 6.79. The first-order chi connectivity index (χ1) is 12.5. The van der Waals surface area contributed by atoms with Gasteiger partial charge in [0.05, 0.1) is 12.6 Å². The number of piperidine rings is 1. The molecule has 0 aliphatic carbocycles. The number of amides is 2. The third-order valence-corrected chi connectivity index (χ3v) is 5.21. The van der Waals surface area contributed by atoms with Gasteiger partial charge in [-0.05, 0) is 69.0 Å². The van der Waals surface area contributed by atoms with Crippen molar-refractivity contribution in [3.05, 3.63) is 23.8 Å². The van der Waals surface area contributed by atoms with Gasteiger partial charge in [0.1, 0.15) is 0 Å². The Labute approximate surface area is 172 Å². The van der Waals surface area contributed by atoms with E-state index < -0.39 is 6.04 Å². The van der Waals surface area contributed by atoms with E-state index in [1.807, 2.05) is 25.3 Å². The van der Waals surface area contributed by atoms with Gasteiger partial charge < -0.3 is 16.4 Å². The van der Waals surface area contributed by atoms with Crippen LogP contribution in [0.5, 0.6) is 0 Å². The van der Waals surface area contributed by atoms with E-state index in [2.05, 4.69) is 15.5 Å². The molecule has 2 rings (SSSR count). The highest BCUT2D eigenvalue weighted by atomic mass is 35.5. The Balaban J connectivity index is 0.00000364. The zero-order chi connectivity index (χ0) is 18.9. The van der Waals surface area contributed by atoms with Crippen molar-refractivity contribution in [3.63, 3.8) is 0 Å². The Morgan fingerprint density at radius 3 is 2.59 bits per heavy atom. The number of benzene rings is 1. The van der Waals surface area contributed by atoms with Gasteiger partial charge in [-0.2, -0.15) is 11.8 Å². The van der Waals surface area contributed by atoms with E-state index in [4.69, 9.17) is 5.73 Å². The molecule has 0 saturated carbocycles. The van der Waals surface area contributed by atoms with Crippen molar-refractivity contribution < 1.29 is 9.59 Å². The van der Waals surface area contributed by atoms with Gasteiger partial charge in [0.2, 0.25) is 11.8 Å². The van der Waals surface area contributed by atoms with Gasteiger partial charge in [-0.25, -0.2) is 0 Å². The molecule has 0 spiro atoms. The first-order valence-corrected chi connectivity index (χ1v) is 10.6. The van der Waals surface area contributed by atoms with Crippen LogP contribution >= 0.6 is 24.2 Å². The van der Waals surface area contributed by atoms with Gasteiger partial charge in [0, 0.05) is 11.4 Å². The lowest BCUT2D eigenvalue weighted by molar-refractivity contribution is -0.118. The molecule has 6 nitrogen and oxygen atoms in total. The van der Waals surface area contributed by atoms with E-state index in [1.165, 1.54) is 6.42 Å². The van der Waals surface area contributed by atoms with Crippen molar-refractivity contribution in [1.82, 2.24) is 4.90 Å². The van der Waals surface area contributed by atoms with E-state index in [9.17, 15) is 9.59 Å². The van der Waals surface area contributed by atoms with E-state index in [-0.39, 0.29) is 24.2 Å². The topological polar surface area (TPSA) is 87.5 Å². The lowest BCUT2D eigenvalue weighted by Gasteiger charge is -2.25. The third-order valence-electron chi connectivity index (χ3n) is 4.56. The highest BCUT2D eigenvalue weighted by Crippen LogP contribution is 2.21. The molecule has 152 valence electrons. The minimum Gasteiger partial charge on any atom is -0.325 e. The fraction of sp³-hybridized carbons (Fsp3) is 0.579. The molecule has 1 aliphatic heterocycles. The number of carbonyl (C=O) groups excluding carboxylic acids is 2. The smallest absolute Gasteiger partial charge is 0.241 e. The molecule has 0 bridgehead atoms. The fourth-order valence-electron chi connectivity index (χ4n) is 2.96. The summed E-state index contributed by atoms with van der Waals surface area (Å²) in [6.07, 6.45) is 6.19. The molecule has 4 N–H and O–H groups in total. The molecular formula is C19H31ClN4O2S. The van der Waals surface area contributed by atoms with E-state index in [0.717, 1.165) is 42.9 Å². The summed E-state index contributed by atoms with van der Waals surface area (Å²) < 4.78 is 0. The average Bonchev–Trinajstić information content (AvgIpc) is 2.63. The van der Waals surface area contributed by atoms with E-state index in [0.29, 0.717) is 18.7 Å². The highest BCUT2D eigenvalue weighted by Gasteiger charge is 2.16. The van der Waals surface area contributed by atoms with Crippen LogP contribution in [0.15, 0.2) is 18.2 Å². The number of hydrogen-bond acceptors (Lipinski definition) is 5. The summed E-state index contributed by atoms with van der Waals surface area (Å²) >= 11 is 1.67. The molecule has 27 heavy (non-hydrogen) atoms. The average molecular weight is 415 g/mol. The summed E-state index contributed by atoms with van der Waals surface area (Å²) in [5.74, 6) is 0.629. The molecule has 1 saturated heterocycles. The summed E-state index contributed by atoms with van der Waals surface area (Å²) in [5, 5.41) is 5.81. The summed E-state index contributed by atoms with van der Waals surface area (Å²) in [6.45, 7) is 4.31. The van der Waals surface area contributed by atoms with Crippen molar-refractivity contribution in [1.29, 1.82) is 0 Å². The van der Waals surface area contributed by atoms with Crippen molar-refractivity contribution in [3.8, 4) is 0 Å². The molecule has 1 atom stereocenters. The minimum atomic E-state index is -0.527. The third kappa shape index (κ3) is 8.09. The van der Waals surface area contributed by atoms with Gasteiger partial charge >= 0.3 is 0 Å². The SMILES string of the molecule is CSCC[C@H](N)C(=O)Nc1ccc(C)c(NC(=O)CN2CCCCC2)c1.Cl. The molecule has 1 heterocycles. The number of rotatable bonds is 8. The lowest BCUT2D eigenvalue weighted by Crippen LogP contribution is -2.37. The number of aryl methyl sites for hydroxylation is 1. The summed E-state index contributed by atoms with van der Waals surface area (Å²) in [5.41, 5.74) is 8.23. The number of halogens is 1. The minimum absolute atomic E-state index is 0. The maximum Gasteiger partial charge on any atom is 0.241 e. The Kier molecular flexibility index (Phi) is 10.8. The van der Waals surface area contributed by atoms with Gasteiger partial charge in [-0.1, -0.05) is 12.5 Å². The molecule has 1 aliphatic rings. The normalized spacial score (nSPS) is 15.5. The Morgan fingerprint density at radius 1 is 1.22 bits per heavy atom. The van der Waals surface area contributed by atoms with Crippen molar-refractivity contribution >= 4 is 47.4 Å². The largest absolute Gasteiger partial charge is 0.325 e. The van der Waals surface area contributed by atoms with Crippen molar-refractivity contribution in [2.75, 3.05) is 42.3 Å². The van der Waals surface area contributed by atoms with Gasteiger partial charge in [0.25, 0.3) is 0 Å². The highest BCUT2D eigenvalue weighted by molar-refractivity contribution is 7.98. The van der Waals surface area contributed by atoms with Crippen LogP contribution in [0.1, 0.15) is 31.2 Å². The monoisotopic (exact) mass is 414 g/mol. The number of carbonyl (C=O) groups is 2. The molecule has 2 amide bonds. The van der Waals surface area contributed by atoms with E-state index >= 15 is 0 Å². The Morgan fingerprint density at radius 2 is 1.93 bits per heavy atom. The molecular weight excluding hydrogens is 384 g/mol. The predicted octanol–water partition coefficient (Wildman–Crippen LogP) is 2.86. The Hall–Kier alpha value is -1.28. The van der Waals surface area contributed by atoms with Crippen molar-refractivity contribution in [2.45, 2.75) is 38.6 Å². The lowest BCUT2D eigenvalue weighted by atomic mass is 10.1. The van der Waals surface area contributed by atoms with Gasteiger partial charge in [0.15, 0.2) is 0 Å². The van der Waals surface area contributed by atoms with Crippen LogP contribution < -0.4 is 16.4 Å². The maximum absolute atomic E-state index is 12.3. The second-order valence-corrected chi connectivity index (χ2v) is 7.78. The standard InChI is InChI=1S/C19H30N4O2S.ClH/c1-14-6-7-15(21-19(25)16(20)8-11-26-2)12-17(14)22-18(24)13-23-9-4-3-5-10-23;/h6-7,12,16H,3-5,8-11,13,20H2,1-2H3,(H,21,25)(H,22,24);1H/t16-;/m0./s1. The zero-order valence-corrected chi connectivity index (χ0v) is 17.8. The summed E-state index contributed by atoms with van der Waals surface area (Å²) in [4.78, 5) is 26.7.